The second-order valence-electron chi connectivity index (χ2n) is 5.59. The van der Waals surface area contributed by atoms with E-state index in [4.69, 9.17) is 5.26 Å². The van der Waals surface area contributed by atoms with E-state index < -0.39 is 0 Å². The number of rotatable bonds is 13. The van der Waals surface area contributed by atoms with Crippen LogP contribution in [0.3, 0.4) is 0 Å². The van der Waals surface area contributed by atoms with Crippen molar-refractivity contribution in [2.45, 2.75) is 97.3 Å². The van der Waals surface area contributed by atoms with Crippen LogP contribution < -0.4 is 0 Å². The van der Waals surface area contributed by atoms with Crippen molar-refractivity contribution in [3.8, 4) is 6.07 Å². The van der Waals surface area contributed by atoms with E-state index in [0.717, 1.165) is 12.8 Å². The molecule has 0 N–H and O–H groups in total. The van der Waals surface area contributed by atoms with Crippen molar-refractivity contribution in [2.24, 2.45) is 5.92 Å². The van der Waals surface area contributed by atoms with E-state index >= 15 is 0 Å². The van der Waals surface area contributed by atoms with Gasteiger partial charge in [-0.3, -0.25) is 0 Å². The maximum absolute atomic E-state index is 9.11. The van der Waals surface area contributed by atoms with Gasteiger partial charge in [0.05, 0.1) is 6.07 Å². The second kappa shape index (κ2) is 14.6. The largest absolute Gasteiger partial charge is 0.198 e. The molecular formula is C17H33N. The summed E-state index contributed by atoms with van der Waals surface area (Å²) in [6.45, 7) is 4.50. The first-order valence-electron chi connectivity index (χ1n) is 8.24. The van der Waals surface area contributed by atoms with Crippen LogP contribution in [0.15, 0.2) is 0 Å². The first kappa shape index (κ1) is 17.5. The molecule has 0 saturated heterocycles. The maximum atomic E-state index is 9.11. The molecule has 1 atom stereocenters. The van der Waals surface area contributed by atoms with Gasteiger partial charge in [0.15, 0.2) is 0 Å². The normalized spacial score (nSPS) is 12.3. The zero-order valence-corrected chi connectivity index (χ0v) is 12.7. The molecule has 1 heteroatoms. The summed E-state index contributed by atoms with van der Waals surface area (Å²) < 4.78 is 0. The number of unbranched alkanes of at least 4 members (excludes halogenated alkanes) is 9. The Hall–Kier alpha value is -0.510. The lowest BCUT2D eigenvalue weighted by atomic mass is 9.95. The minimum atomic E-state index is 0.331. The Kier molecular flexibility index (Phi) is 14.1. The molecule has 0 radical (unpaired) electrons. The lowest BCUT2D eigenvalue weighted by Gasteiger charge is -2.08. The summed E-state index contributed by atoms with van der Waals surface area (Å²) in [5.41, 5.74) is 0. The summed E-state index contributed by atoms with van der Waals surface area (Å²) in [5, 5.41) is 9.11. The highest BCUT2D eigenvalue weighted by atomic mass is 14.3. The average molecular weight is 251 g/mol. The molecule has 0 fully saturated rings. The molecule has 0 aromatic rings. The van der Waals surface area contributed by atoms with Gasteiger partial charge >= 0.3 is 0 Å². The SMILES string of the molecule is CCCCCCCCCC(C#N)CCCCCC. The molecule has 1 unspecified atom stereocenters. The van der Waals surface area contributed by atoms with Gasteiger partial charge in [0.25, 0.3) is 0 Å². The molecule has 0 aliphatic rings. The van der Waals surface area contributed by atoms with Crippen molar-refractivity contribution < 1.29 is 0 Å². The second-order valence-corrected chi connectivity index (χ2v) is 5.59. The van der Waals surface area contributed by atoms with E-state index in [9.17, 15) is 0 Å². The third-order valence-corrected chi connectivity index (χ3v) is 3.74. The number of hydrogen-bond donors (Lipinski definition) is 0. The predicted molar refractivity (Wildman–Crippen MR) is 80.5 cm³/mol. The van der Waals surface area contributed by atoms with Gasteiger partial charge in [0.1, 0.15) is 0 Å². The monoisotopic (exact) mass is 251 g/mol. The van der Waals surface area contributed by atoms with Crippen LogP contribution in [-0.2, 0) is 0 Å². The molecule has 0 aromatic carbocycles. The van der Waals surface area contributed by atoms with Crippen LogP contribution >= 0.6 is 0 Å². The maximum Gasteiger partial charge on any atom is 0.0655 e. The Morgan fingerprint density at radius 3 is 1.50 bits per heavy atom. The summed E-state index contributed by atoms with van der Waals surface area (Å²) in [6, 6.07) is 2.49. The fourth-order valence-electron chi connectivity index (χ4n) is 2.44. The molecule has 18 heavy (non-hydrogen) atoms. The summed E-state index contributed by atoms with van der Waals surface area (Å²) in [5.74, 6) is 0.331. The quantitative estimate of drug-likeness (QED) is 0.355. The van der Waals surface area contributed by atoms with Crippen molar-refractivity contribution in [1.29, 1.82) is 5.26 Å². The molecular weight excluding hydrogens is 218 g/mol. The summed E-state index contributed by atoms with van der Waals surface area (Å²) in [7, 11) is 0. The highest BCUT2D eigenvalue weighted by Crippen LogP contribution is 2.18. The van der Waals surface area contributed by atoms with Crippen molar-refractivity contribution in [3.05, 3.63) is 0 Å². The van der Waals surface area contributed by atoms with E-state index in [2.05, 4.69) is 19.9 Å². The van der Waals surface area contributed by atoms with Crippen LogP contribution in [0.25, 0.3) is 0 Å². The van der Waals surface area contributed by atoms with E-state index in [0.29, 0.717) is 5.92 Å². The fraction of sp³-hybridized carbons (Fsp3) is 0.941. The van der Waals surface area contributed by atoms with E-state index in [1.807, 2.05) is 0 Å². The third-order valence-electron chi connectivity index (χ3n) is 3.74. The zero-order chi connectivity index (χ0) is 13.5. The van der Waals surface area contributed by atoms with Gasteiger partial charge in [-0.05, 0) is 12.8 Å². The van der Waals surface area contributed by atoms with Crippen LogP contribution in [0, 0.1) is 17.2 Å². The Bertz CT molecular complexity index is 192. The lowest BCUT2D eigenvalue weighted by molar-refractivity contribution is 0.475. The Morgan fingerprint density at radius 2 is 1.06 bits per heavy atom. The van der Waals surface area contributed by atoms with Crippen molar-refractivity contribution in [2.75, 3.05) is 0 Å². The summed E-state index contributed by atoms with van der Waals surface area (Å²) in [4.78, 5) is 0. The van der Waals surface area contributed by atoms with Gasteiger partial charge in [-0.2, -0.15) is 5.26 Å². The minimum absolute atomic E-state index is 0.331. The Morgan fingerprint density at radius 1 is 0.667 bits per heavy atom. The van der Waals surface area contributed by atoms with Crippen molar-refractivity contribution >= 4 is 0 Å². The van der Waals surface area contributed by atoms with Gasteiger partial charge in [0.2, 0.25) is 0 Å². The van der Waals surface area contributed by atoms with Gasteiger partial charge in [0, 0.05) is 5.92 Å². The molecule has 0 spiro atoms. The molecule has 0 amide bonds. The number of hydrogen-bond acceptors (Lipinski definition) is 1. The molecule has 0 saturated carbocycles. The van der Waals surface area contributed by atoms with Crippen LogP contribution in [-0.4, -0.2) is 0 Å². The predicted octanol–water partition coefficient (Wildman–Crippen LogP) is 6.24. The van der Waals surface area contributed by atoms with Crippen LogP contribution in [0.2, 0.25) is 0 Å². The highest BCUT2D eigenvalue weighted by Gasteiger charge is 2.06. The van der Waals surface area contributed by atoms with Crippen LogP contribution in [0.5, 0.6) is 0 Å². The molecule has 0 aliphatic heterocycles. The number of nitriles is 1. The van der Waals surface area contributed by atoms with Gasteiger partial charge in [-0.1, -0.05) is 84.5 Å². The average Bonchev–Trinajstić information content (AvgIpc) is 2.40. The molecule has 1 nitrogen and oxygen atoms in total. The molecule has 0 bridgehead atoms. The van der Waals surface area contributed by atoms with Crippen molar-refractivity contribution in [1.82, 2.24) is 0 Å². The van der Waals surface area contributed by atoms with Crippen LogP contribution in [0.4, 0.5) is 0 Å². The van der Waals surface area contributed by atoms with E-state index in [1.165, 1.54) is 70.6 Å². The third kappa shape index (κ3) is 12.0. The Balaban J connectivity index is 3.31. The smallest absolute Gasteiger partial charge is 0.0655 e. The first-order valence-corrected chi connectivity index (χ1v) is 8.24. The topological polar surface area (TPSA) is 23.8 Å². The van der Waals surface area contributed by atoms with Crippen molar-refractivity contribution in [3.63, 3.8) is 0 Å². The van der Waals surface area contributed by atoms with E-state index in [-0.39, 0.29) is 0 Å². The van der Waals surface area contributed by atoms with Gasteiger partial charge in [-0.15, -0.1) is 0 Å². The van der Waals surface area contributed by atoms with Gasteiger partial charge in [-0.25, -0.2) is 0 Å². The standard InChI is InChI=1S/C17H33N/c1-3-5-7-9-10-11-13-15-17(16-18)14-12-8-6-4-2/h17H,3-15H2,1-2H3. The lowest BCUT2D eigenvalue weighted by Crippen LogP contribution is -1.97. The fourth-order valence-corrected chi connectivity index (χ4v) is 2.44. The molecule has 106 valence electrons. The Labute approximate surface area is 115 Å². The molecule has 0 heterocycles. The molecule has 0 rings (SSSR count). The zero-order valence-electron chi connectivity index (χ0n) is 12.7. The molecule has 0 aliphatic carbocycles. The number of nitrogens with zero attached hydrogens (tertiary/aromatic N) is 1. The van der Waals surface area contributed by atoms with Gasteiger partial charge < -0.3 is 0 Å². The van der Waals surface area contributed by atoms with E-state index in [1.54, 1.807) is 0 Å². The highest BCUT2D eigenvalue weighted by molar-refractivity contribution is 4.82. The summed E-state index contributed by atoms with van der Waals surface area (Å²) in [6.07, 6.45) is 16.9. The molecule has 0 aromatic heterocycles. The first-order chi connectivity index (χ1) is 8.85. The van der Waals surface area contributed by atoms with Crippen LogP contribution in [0.1, 0.15) is 97.3 Å². The summed E-state index contributed by atoms with van der Waals surface area (Å²) >= 11 is 0. The minimum Gasteiger partial charge on any atom is -0.198 e.